The van der Waals surface area contributed by atoms with E-state index in [1.54, 1.807) is 12.1 Å². The van der Waals surface area contributed by atoms with E-state index in [2.05, 4.69) is 14.8 Å². The van der Waals surface area contributed by atoms with Crippen LogP contribution in [-0.4, -0.2) is 43.1 Å². The smallest absolute Gasteiger partial charge is 0.324 e. The number of nitrogens with one attached hydrogen (secondary N) is 3. The molecule has 1 aromatic carbocycles. The highest BCUT2D eigenvalue weighted by Gasteiger charge is 2.25. The molecule has 0 spiro atoms. The molecule has 0 aromatic heterocycles. The van der Waals surface area contributed by atoms with Crippen LogP contribution in [0.4, 0.5) is 9.18 Å². The van der Waals surface area contributed by atoms with Crippen molar-refractivity contribution in [2.75, 3.05) is 26.2 Å². The van der Waals surface area contributed by atoms with Crippen LogP contribution in [0.15, 0.2) is 18.2 Å². The largest absolute Gasteiger partial charge is 0.490 e. The van der Waals surface area contributed by atoms with Gasteiger partial charge in [-0.25, -0.2) is 13.9 Å². The molecule has 0 bridgehead atoms. The van der Waals surface area contributed by atoms with E-state index in [4.69, 9.17) is 4.74 Å². The Balaban J connectivity index is 1.29. The minimum Gasteiger partial charge on any atom is -0.490 e. The van der Waals surface area contributed by atoms with Gasteiger partial charge in [0.15, 0.2) is 11.6 Å². The molecular weight excluding hydrogens is 383 g/mol. The number of hydrogen-bond donors (Lipinski definition) is 3. The molecule has 3 amide bonds. The third-order valence-electron chi connectivity index (χ3n) is 4.76. The van der Waals surface area contributed by atoms with E-state index >= 15 is 0 Å². The molecule has 3 rings (SSSR count). The lowest BCUT2D eigenvalue weighted by molar-refractivity contribution is -0.118. The molecule has 154 valence electrons. The molecule has 1 heterocycles. The second-order valence-electron chi connectivity index (χ2n) is 7.26. The van der Waals surface area contributed by atoms with Crippen molar-refractivity contribution in [3.05, 3.63) is 29.6 Å². The topological polar surface area (TPSA) is 82.7 Å². The fourth-order valence-corrected chi connectivity index (χ4v) is 3.45. The maximum atomic E-state index is 13.9. The number of carbonyl (C=O) groups excluding carboxylic acids is 2. The summed E-state index contributed by atoms with van der Waals surface area (Å²) < 4.78 is 26.0. The van der Waals surface area contributed by atoms with Gasteiger partial charge in [0, 0.05) is 31.3 Å². The number of hydrogen-bond acceptors (Lipinski definition) is 6. The number of unbranched alkanes of at least 4 members (excludes halogenated alkanes) is 1. The van der Waals surface area contributed by atoms with Crippen LogP contribution < -0.4 is 19.5 Å². The third-order valence-corrected chi connectivity index (χ3v) is 5.58. The summed E-state index contributed by atoms with van der Waals surface area (Å²) in [5.74, 6) is 0.341. The van der Waals surface area contributed by atoms with E-state index in [-0.39, 0.29) is 30.3 Å². The van der Waals surface area contributed by atoms with Crippen molar-refractivity contribution >= 4 is 24.1 Å². The summed E-state index contributed by atoms with van der Waals surface area (Å²) in [7, 11) is 0. The summed E-state index contributed by atoms with van der Waals surface area (Å²) >= 11 is 1.40. The molecule has 1 aliphatic heterocycles. The zero-order chi connectivity index (χ0) is 19.9. The van der Waals surface area contributed by atoms with Crippen molar-refractivity contribution in [1.82, 2.24) is 19.7 Å². The Labute approximate surface area is 169 Å². The lowest BCUT2D eigenvalue weighted by Crippen LogP contribution is -2.29. The van der Waals surface area contributed by atoms with Crippen molar-refractivity contribution in [2.24, 2.45) is 5.92 Å². The first kappa shape index (κ1) is 20.9. The Morgan fingerprint density at radius 2 is 2.18 bits per heavy atom. The Morgan fingerprint density at radius 1 is 1.36 bits per heavy atom. The predicted octanol–water partition coefficient (Wildman–Crippen LogP) is 2.75. The van der Waals surface area contributed by atoms with Crippen molar-refractivity contribution in [3.63, 3.8) is 0 Å². The molecule has 1 unspecified atom stereocenters. The average Bonchev–Trinajstić information content (AvgIpc) is 3.44. The minimum atomic E-state index is -0.323. The quantitative estimate of drug-likeness (QED) is 0.279. The number of imide groups is 1. The van der Waals surface area contributed by atoms with Gasteiger partial charge in [-0.1, -0.05) is 6.07 Å². The zero-order valence-corrected chi connectivity index (χ0v) is 16.8. The van der Waals surface area contributed by atoms with E-state index < -0.39 is 0 Å². The van der Waals surface area contributed by atoms with Crippen molar-refractivity contribution in [2.45, 2.75) is 38.6 Å². The van der Waals surface area contributed by atoms with Gasteiger partial charge >= 0.3 is 6.03 Å². The standard InChI is InChI=1S/C19H27FN4O3S/c1-13(15-6-7-16(20)17(10-15)27-12-14-4-5-14)23-28-21-8-2-3-9-24-11-18(25)22-19(24)26/h6-7,10,13-14,21,23H,2-5,8-9,11-12H2,1H3,(H,22,25,26). The number of carbonyl (C=O) groups is 2. The highest BCUT2D eigenvalue weighted by molar-refractivity contribution is 7.95. The number of urea groups is 1. The van der Waals surface area contributed by atoms with E-state index in [1.807, 2.05) is 6.92 Å². The Kier molecular flexibility index (Phi) is 7.52. The molecule has 7 nitrogen and oxygen atoms in total. The highest BCUT2D eigenvalue weighted by atomic mass is 32.2. The Hall–Kier alpha value is -1.84. The number of ether oxygens (including phenoxy) is 1. The van der Waals surface area contributed by atoms with E-state index in [0.29, 0.717) is 24.8 Å². The van der Waals surface area contributed by atoms with Gasteiger partial charge in [0.05, 0.1) is 6.61 Å². The second kappa shape index (κ2) is 10.1. The molecule has 1 saturated carbocycles. The normalized spacial score (nSPS) is 17.7. The molecule has 9 heteroatoms. The number of rotatable bonds is 12. The zero-order valence-electron chi connectivity index (χ0n) is 16.0. The molecule has 28 heavy (non-hydrogen) atoms. The Morgan fingerprint density at radius 3 is 2.89 bits per heavy atom. The molecule has 2 aliphatic rings. The molecule has 3 N–H and O–H groups in total. The van der Waals surface area contributed by atoms with Gasteiger partial charge in [0.2, 0.25) is 5.91 Å². The third kappa shape index (κ3) is 6.35. The molecule has 1 saturated heterocycles. The maximum absolute atomic E-state index is 13.9. The van der Waals surface area contributed by atoms with Crippen LogP contribution in [0.3, 0.4) is 0 Å². The van der Waals surface area contributed by atoms with Crippen LogP contribution in [0.2, 0.25) is 0 Å². The molecule has 1 aromatic rings. The summed E-state index contributed by atoms with van der Waals surface area (Å²) in [5.41, 5.74) is 0.964. The van der Waals surface area contributed by atoms with Gasteiger partial charge in [-0.15, -0.1) is 0 Å². The molecular formula is C19H27FN4O3S. The van der Waals surface area contributed by atoms with E-state index in [9.17, 15) is 14.0 Å². The summed E-state index contributed by atoms with van der Waals surface area (Å²) in [6.45, 7) is 4.10. The first-order chi connectivity index (χ1) is 13.5. The van der Waals surface area contributed by atoms with Gasteiger partial charge < -0.3 is 9.64 Å². The van der Waals surface area contributed by atoms with E-state index in [0.717, 1.165) is 24.9 Å². The number of nitrogens with zero attached hydrogens (tertiary/aromatic N) is 1. The molecule has 0 radical (unpaired) electrons. The second-order valence-corrected chi connectivity index (χ2v) is 7.99. The van der Waals surface area contributed by atoms with Gasteiger partial charge in [-0.2, -0.15) is 0 Å². The van der Waals surface area contributed by atoms with Crippen LogP contribution in [0.25, 0.3) is 0 Å². The van der Waals surface area contributed by atoms with Crippen molar-refractivity contribution in [3.8, 4) is 5.75 Å². The molecule has 2 fully saturated rings. The van der Waals surface area contributed by atoms with Crippen molar-refractivity contribution in [1.29, 1.82) is 0 Å². The fraction of sp³-hybridized carbons (Fsp3) is 0.579. The van der Waals surface area contributed by atoms with Gasteiger partial charge in [0.1, 0.15) is 6.54 Å². The van der Waals surface area contributed by atoms with Gasteiger partial charge in [-0.3, -0.25) is 14.8 Å². The summed E-state index contributed by atoms with van der Waals surface area (Å²) in [6.07, 6.45) is 4.05. The monoisotopic (exact) mass is 410 g/mol. The number of benzene rings is 1. The first-order valence-electron chi connectivity index (χ1n) is 9.68. The van der Waals surface area contributed by atoms with Crippen LogP contribution in [0.1, 0.15) is 44.2 Å². The predicted molar refractivity (Wildman–Crippen MR) is 106 cm³/mol. The Bertz CT molecular complexity index is 702. The minimum absolute atomic E-state index is 0.0284. The SMILES string of the molecule is CC(NSNCCCCN1CC(=O)NC1=O)c1ccc(F)c(OCC2CC2)c1. The maximum Gasteiger partial charge on any atom is 0.324 e. The number of halogens is 1. The fourth-order valence-electron chi connectivity index (χ4n) is 2.80. The average molecular weight is 411 g/mol. The molecule has 1 atom stereocenters. The van der Waals surface area contributed by atoms with Crippen LogP contribution >= 0.6 is 12.1 Å². The van der Waals surface area contributed by atoms with Crippen LogP contribution in [0.5, 0.6) is 5.75 Å². The van der Waals surface area contributed by atoms with E-state index in [1.165, 1.54) is 35.9 Å². The lowest BCUT2D eigenvalue weighted by Gasteiger charge is -2.16. The lowest BCUT2D eigenvalue weighted by atomic mass is 10.1. The van der Waals surface area contributed by atoms with Gasteiger partial charge in [0.25, 0.3) is 0 Å². The highest BCUT2D eigenvalue weighted by Crippen LogP contribution is 2.31. The number of amides is 3. The molecule has 1 aliphatic carbocycles. The van der Waals surface area contributed by atoms with Crippen molar-refractivity contribution < 1.29 is 18.7 Å². The van der Waals surface area contributed by atoms with Crippen LogP contribution in [-0.2, 0) is 4.79 Å². The summed E-state index contributed by atoms with van der Waals surface area (Å²) in [5, 5.41) is 2.27. The van der Waals surface area contributed by atoms with Gasteiger partial charge in [-0.05, 0) is 56.2 Å². The summed E-state index contributed by atoms with van der Waals surface area (Å²) in [6, 6.07) is 4.70. The summed E-state index contributed by atoms with van der Waals surface area (Å²) in [4.78, 5) is 24.0. The van der Waals surface area contributed by atoms with Crippen LogP contribution in [0, 0.1) is 11.7 Å². The first-order valence-corrected chi connectivity index (χ1v) is 10.5.